The number of aryl methyl sites for hydroxylation is 1. The van der Waals surface area contributed by atoms with E-state index >= 15 is 0 Å². The highest BCUT2D eigenvalue weighted by Gasteiger charge is 2.20. The third-order valence-corrected chi connectivity index (χ3v) is 4.66. The summed E-state index contributed by atoms with van der Waals surface area (Å²) in [5.41, 5.74) is 2.41. The summed E-state index contributed by atoms with van der Waals surface area (Å²) in [7, 11) is 7.74. The first-order valence-electron chi connectivity index (χ1n) is 8.83. The second-order valence-electron chi connectivity index (χ2n) is 6.26. The quantitative estimate of drug-likeness (QED) is 0.627. The van der Waals surface area contributed by atoms with Gasteiger partial charge in [0.05, 0.1) is 41.1 Å². The first-order valence-corrected chi connectivity index (χ1v) is 8.83. The Labute approximate surface area is 168 Å². The monoisotopic (exact) mass is 400 g/mol. The van der Waals surface area contributed by atoms with Crippen molar-refractivity contribution in [2.75, 3.05) is 40.9 Å². The van der Waals surface area contributed by atoms with Crippen molar-refractivity contribution in [2.45, 2.75) is 6.92 Å². The number of aromatic amines is 1. The summed E-state index contributed by atoms with van der Waals surface area (Å²) in [6, 6.07) is 6.95. The Bertz CT molecular complexity index is 1060. The summed E-state index contributed by atoms with van der Waals surface area (Å²) in [6.45, 7) is 1.87. The van der Waals surface area contributed by atoms with Crippen molar-refractivity contribution in [1.82, 2.24) is 4.98 Å². The van der Waals surface area contributed by atoms with Crippen LogP contribution < -0.4 is 29.0 Å². The molecule has 0 aliphatic carbocycles. The minimum atomic E-state index is -0.320. The second kappa shape index (κ2) is 8.22. The van der Waals surface area contributed by atoms with E-state index in [1.807, 2.05) is 6.92 Å². The van der Waals surface area contributed by atoms with Gasteiger partial charge in [0.2, 0.25) is 0 Å². The van der Waals surface area contributed by atoms with Crippen LogP contribution in [0.1, 0.15) is 16.1 Å². The van der Waals surface area contributed by atoms with Crippen LogP contribution >= 0.6 is 0 Å². The maximum absolute atomic E-state index is 12.9. The molecular weight excluding hydrogens is 376 g/mol. The molecular formula is C21H24N2O6. The molecule has 0 saturated carbocycles. The molecule has 8 nitrogen and oxygen atoms in total. The van der Waals surface area contributed by atoms with Gasteiger partial charge in [-0.2, -0.15) is 0 Å². The molecule has 0 spiro atoms. The topological polar surface area (TPSA) is 91.0 Å². The molecule has 0 radical (unpaired) electrons. The molecule has 3 aromatic rings. The van der Waals surface area contributed by atoms with Crippen LogP contribution in [-0.4, -0.2) is 46.4 Å². The average molecular weight is 400 g/mol. The van der Waals surface area contributed by atoms with Gasteiger partial charge in [-0.25, -0.2) is 0 Å². The number of carbonyl (C=O) groups excluding carboxylic acids is 1. The Kier molecular flexibility index (Phi) is 5.72. The van der Waals surface area contributed by atoms with E-state index in [0.717, 1.165) is 5.56 Å². The fourth-order valence-electron chi connectivity index (χ4n) is 3.16. The van der Waals surface area contributed by atoms with Gasteiger partial charge in [0, 0.05) is 23.2 Å². The number of amides is 1. The van der Waals surface area contributed by atoms with Gasteiger partial charge in [0.25, 0.3) is 5.91 Å². The molecule has 154 valence electrons. The SMILES string of the molecule is COc1cc(C)c(NC(=O)c2cc3c(OC)cc(OC)c(OC)c3[nH]2)cc1OC. The maximum atomic E-state index is 12.9. The molecule has 0 aliphatic heterocycles. The molecule has 1 heterocycles. The van der Waals surface area contributed by atoms with Gasteiger partial charge in [0.1, 0.15) is 11.4 Å². The van der Waals surface area contributed by atoms with Crippen molar-refractivity contribution in [3.8, 4) is 28.7 Å². The molecule has 2 aromatic carbocycles. The third kappa shape index (κ3) is 3.61. The molecule has 0 unspecified atom stereocenters. The minimum absolute atomic E-state index is 0.320. The van der Waals surface area contributed by atoms with Crippen LogP contribution in [0.2, 0.25) is 0 Å². The summed E-state index contributed by atoms with van der Waals surface area (Å²) in [4.78, 5) is 16.0. The van der Waals surface area contributed by atoms with Gasteiger partial charge in [-0.1, -0.05) is 0 Å². The normalized spacial score (nSPS) is 10.6. The smallest absolute Gasteiger partial charge is 0.272 e. The lowest BCUT2D eigenvalue weighted by Gasteiger charge is -2.13. The average Bonchev–Trinajstić information content (AvgIpc) is 3.18. The predicted octanol–water partition coefficient (Wildman–Crippen LogP) is 3.77. The molecule has 8 heteroatoms. The Morgan fingerprint density at radius 3 is 2.00 bits per heavy atom. The number of hydrogen-bond acceptors (Lipinski definition) is 6. The standard InChI is InChI=1S/C21H24N2O6/c1-11-7-16(26-3)17(27-4)9-13(11)23-21(24)14-8-12-15(25-2)10-18(28-5)20(29-6)19(12)22-14/h7-10,22H,1-6H3,(H,23,24). The van der Waals surface area contributed by atoms with Crippen LogP contribution in [0, 0.1) is 6.92 Å². The fourth-order valence-corrected chi connectivity index (χ4v) is 3.16. The van der Waals surface area contributed by atoms with Crippen molar-refractivity contribution >= 4 is 22.5 Å². The van der Waals surface area contributed by atoms with E-state index in [1.165, 1.54) is 7.11 Å². The number of H-pyrrole nitrogens is 1. The number of hydrogen-bond donors (Lipinski definition) is 2. The molecule has 29 heavy (non-hydrogen) atoms. The van der Waals surface area contributed by atoms with Gasteiger partial charge >= 0.3 is 0 Å². The highest BCUT2D eigenvalue weighted by Crippen LogP contribution is 2.41. The summed E-state index contributed by atoms with van der Waals surface area (Å²) < 4.78 is 26.9. The lowest BCUT2D eigenvalue weighted by atomic mass is 10.1. The Balaban J connectivity index is 2.02. The number of carbonyl (C=O) groups is 1. The second-order valence-corrected chi connectivity index (χ2v) is 6.26. The highest BCUT2D eigenvalue weighted by atomic mass is 16.5. The predicted molar refractivity (Wildman–Crippen MR) is 110 cm³/mol. The zero-order valence-electron chi connectivity index (χ0n) is 17.3. The molecule has 0 fully saturated rings. The maximum Gasteiger partial charge on any atom is 0.272 e. The van der Waals surface area contributed by atoms with Crippen LogP contribution in [0.25, 0.3) is 10.9 Å². The van der Waals surface area contributed by atoms with Crippen LogP contribution in [0.15, 0.2) is 24.3 Å². The van der Waals surface area contributed by atoms with E-state index < -0.39 is 0 Å². The Hall–Kier alpha value is -3.55. The number of anilines is 1. The summed E-state index contributed by atoms with van der Waals surface area (Å²) in [5.74, 6) is 2.36. The molecule has 0 aliphatic rings. The summed E-state index contributed by atoms with van der Waals surface area (Å²) >= 11 is 0. The van der Waals surface area contributed by atoms with Crippen LogP contribution in [0.5, 0.6) is 28.7 Å². The molecule has 0 atom stereocenters. The number of methoxy groups -OCH3 is 5. The number of benzene rings is 2. The van der Waals surface area contributed by atoms with E-state index in [9.17, 15) is 4.79 Å². The van der Waals surface area contributed by atoms with Gasteiger partial charge in [0.15, 0.2) is 23.0 Å². The number of ether oxygens (including phenoxy) is 5. The zero-order chi connectivity index (χ0) is 21.1. The number of rotatable bonds is 7. The number of nitrogens with one attached hydrogen (secondary N) is 2. The lowest BCUT2D eigenvalue weighted by molar-refractivity contribution is 0.102. The van der Waals surface area contributed by atoms with Crippen LogP contribution in [0.4, 0.5) is 5.69 Å². The molecule has 2 N–H and O–H groups in total. The Morgan fingerprint density at radius 1 is 0.793 bits per heavy atom. The van der Waals surface area contributed by atoms with Gasteiger partial charge < -0.3 is 34.0 Å². The minimum Gasteiger partial charge on any atom is -0.496 e. The number of fused-ring (bicyclic) bond motifs is 1. The van der Waals surface area contributed by atoms with Crippen molar-refractivity contribution in [2.24, 2.45) is 0 Å². The molecule has 3 rings (SSSR count). The largest absolute Gasteiger partial charge is 0.496 e. The first kappa shape index (κ1) is 20.2. The lowest BCUT2D eigenvalue weighted by Crippen LogP contribution is -2.13. The zero-order valence-corrected chi connectivity index (χ0v) is 17.3. The molecule has 0 saturated heterocycles. The molecule has 1 amide bonds. The van der Waals surface area contributed by atoms with E-state index in [1.54, 1.807) is 52.7 Å². The van der Waals surface area contributed by atoms with E-state index in [4.69, 9.17) is 23.7 Å². The van der Waals surface area contributed by atoms with Gasteiger partial charge in [-0.05, 0) is 24.6 Å². The summed E-state index contributed by atoms with van der Waals surface area (Å²) in [6.07, 6.45) is 0. The van der Waals surface area contributed by atoms with Crippen LogP contribution in [0.3, 0.4) is 0 Å². The summed E-state index contributed by atoms with van der Waals surface area (Å²) in [5, 5.41) is 3.61. The van der Waals surface area contributed by atoms with Crippen molar-refractivity contribution in [3.63, 3.8) is 0 Å². The van der Waals surface area contributed by atoms with Crippen molar-refractivity contribution in [3.05, 3.63) is 35.5 Å². The van der Waals surface area contributed by atoms with Crippen molar-refractivity contribution < 1.29 is 28.5 Å². The third-order valence-electron chi connectivity index (χ3n) is 4.66. The van der Waals surface area contributed by atoms with E-state index in [-0.39, 0.29) is 5.91 Å². The first-order chi connectivity index (χ1) is 14.0. The van der Waals surface area contributed by atoms with Crippen molar-refractivity contribution in [1.29, 1.82) is 0 Å². The van der Waals surface area contributed by atoms with Gasteiger partial charge in [-0.3, -0.25) is 4.79 Å². The molecule has 1 aromatic heterocycles. The number of aromatic nitrogens is 1. The van der Waals surface area contributed by atoms with Crippen LogP contribution in [-0.2, 0) is 0 Å². The van der Waals surface area contributed by atoms with Gasteiger partial charge in [-0.15, -0.1) is 0 Å². The Morgan fingerprint density at radius 2 is 1.41 bits per heavy atom. The molecule has 0 bridgehead atoms. The van der Waals surface area contributed by atoms with E-state index in [0.29, 0.717) is 51.0 Å². The fraction of sp³-hybridized carbons (Fsp3) is 0.286. The van der Waals surface area contributed by atoms with E-state index in [2.05, 4.69) is 10.3 Å². The highest BCUT2D eigenvalue weighted by molar-refractivity contribution is 6.08.